The zero-order valence-corrected chi connectivity index (χ0v) is 11.1. The lowest BCUT2D eigenvalue weighted by molar-refractivity contribution is 0.265. The van der Waals surface area contributed by atoms with Crippen LogP contribution in [0.15, 0.2) is 30.3 Å². The molecular formula is C15H24N2. The maximum Gasteiger partial charge on any atom is 0.0109 e. The van der Waals surface area contributed by atoms with Crippen LogP contribution in [0, 0.1) is 0 Å². The van der Waals surface area contributed by atoms with Gasteiger partial charge < -0.3 is 9.80 Å². The number of benzene rings is 1. The Labute approximate surface area is 105 Å². The normalized spacial score (nSPS) is 21.1. The molecule has 2 heteroatoms. The van der Waals surface area contributed by atoms with Gasteiger partial charge in [0.1, 0.15) is 0 Å². The first-order chi connectivity index (χ1) is 8.25. The second-order valence-electron chi connectivity index (χ2n) is 5.27. The van der Waals surface area contributed by atoms with Gasteiger partial charge in [0.2, 0.25) is 0 Å². The van der Waals surface area contributed by atoms with Crippen molar-refractivity contribution in [1.29, 1.82) is 0 Å². The van der Waals surface area contributed by atoms with Gasteiger partial charge in [-0.2, -0.15) is 0 Å². The second-order valence-corrected chi connectivity index (χ2v) is 5.27. The topological polar surface area (TPSA) is 6.48 Å². The summed E-state index contributed by atoms with van der Waals surface area (Å²) in [6.07, 6.45) is 1.30. The van der Waals surface area contributed by atoms with E-state index in [2.05, 4.69) is 54.1 Å². The Kier molecular flexibility index (Phi) is 4.57. The van der Waals surface area contributed by atoms with E-state index >= 15 is 0 Å². The molecule has 1 saturated heterocycles. The summed E-state index contributed by atoms with van der Waals surface area (Å²) in [5.41, 5.74) is 1.46. The van der Waals surface area contributed by atoms with Crippen LogP contribution in [-0.4, -0.2) is 49.6 Å². The minimum Gasteiger partial charge on any atom is -0.305 e. The molecule has 17 heavy (non-hydrogen) atoms. The molecule has 0 amide bonds. The molecule has 2 nitrogen and oxygen atoms in total. The Morgan fingerprint density at radius 1 is 1.06 bits per heavy atom. The van der Waals surface area contributed by atoms with E-state index < -0.39 is 0 Å². The van der Waals surface area contributed by atoms with E-state index in [9.17, 15) is 0 Å². The molecule has 1 fully saturated rings. The van der Waals surface area contributed by atoms with Crippen LogP contribution in [0.5, 0.6) is 0 Å². The zero-order chi connectivity index (χ0) is 12.1. The monoisotopic (exact) mass is 232 g/mol. The fourth-order valence-corrected chi connectivity index (χ4v) is 2.56. The maximum absolute atomic E-state index is 2.61. The highest BCUT2D eigenvalue weighted by molar-refractivity contribution is 5.19. The molecule has 1 aromatic carbocycles. The maximum atomic E-state index is 2.61. The van der Waals surface area contributed by atoms with E-state index in [0.29, 0.717) is 5.92 Å². The van der Waals surface area contributed by atoms with Crippen LogP contribution < -0.4 is 0 Å². The lowest BCUT2D eigenvalue weighted by Crippen LogP contribution is -2.31. The molecule has 0 saturated carbocycles. The Bertz CT molecular complexity index is 323. The van der Waals surface area contributed by atoms with E-state index in [1.54, 1.807) is 0 Å². The van der Waals surface area contributed by atoms with Gasteiger partial charge in [-0.3, -0.25) is 0 Å². The Hall–Kier alpha value is -0.860. The number of hydrogen-bond donors (Lipinski definition) is 0. The summed E-state index contributed by atoms with van der Waals surface area (Å²) in [7, 11) is 2.23. The molecule has 2 rings (SSSR count). The van der Waals surface area contributed by atoms with Crippen LogP contribution in [0.25, 0.3) is 0 Å². The average molecular weight is 232 g/mol. The fraction of sp³-hybridized carbons (Fsp3) is 0.600. The van der Waals surface area contributed by atoms with E-state index in [1.165, 1.54) is 44.7 Å². The van der Waals surface area contributed by atoms with Gasteiger partial charge in [0.05, 0.1) is 0 Å². The first-order valence-electron chi connectivity index (χ1n) is 6.71. The quantitative estimate of drug-likeness (QED) is 0.790. The van der Waals surface area contributed by atoms with Crippen molar-refractivity contribution in [3.63, 3.8) is 0 Å². The molecule has 0 N–H and O–H groups in total. The number of likely N-dealkylation sites (N-methyl/N-ethyl adjacent to an activating group) is 1. The van der Waals surface area contributed by atoms with Crippen molar-refractivity contribution >= 4 is 0 Å². The van der Waals surface area contributed by atoms with Crippen LogP contribution in [-0.2, 0) is 0 Å². The average Bonchev–Trinajstić information content (AvgIpc) is 2.56. The lowest BCUT2D eigenvalue weighted by atomic mass is 10.0. The Morgan fingerprint density at radius 3 is 2.59 bits per heavy atom. The Morgan fingerprint density at radius 2 is 1.82 bits per heavy atom. The number of rotatable bonds is 3. The van der Waals surface area contributed by atoms with Gasteiger partial charge in [-0.1, -0.05) is 37.3 Å². The molecule has 0 aliphatic carbocycles. The summed E-state index contributed by atoms with van der Waals surface area (Å²) in [5, 5.41) is 0. The SMILES string of the molecule is C[C@@H](CN1CCCN(C)CC1)c1ccccc1. The van der Waals surface area contributed by atoms with Crippen molar-refractivity contribution in [3.05, 3.63) is 35.9 Å². The van der Waals surface area contributed by atoms with Gasteiger partial charge in [-0.05, 0) is 38.0 Å². The van der Waals surface area contributed by atoms with Gasteiger partial charge in [0.15, 0.2) is 0 Å². The first-order valence-corrected chi connectivity index (χ1v) is 6.71. The third kappa shape index (κ3) is 3.83. The van der Waals surface area contributed by atoms with Crippen molar-refractivity contribution in [2.45, 2.75) is 19.3 Å². The molecule has 94 valence electrons. The van der Waals surface area contributed by atoms with Crippen molar-refractivity contribution in [3.8, 4) is 0 Å². The van der Waals surface area contributed by atoms with Crippen molar-refractivity contribution in [2.24, 2.45) is 0 Å². The highest BCUT2D eigenvalue weighted by Crippen LogP contribution is 2.16. The van der Waals surface area contributed by atoms with Crippen LogP contribution >= 0.6 is 0 Å². The second kappa shape index (κ2) is 6.18. The molecule has 1 aliphatic heterocycles. The highest BCUT2D eigenvalue weighted by Gasteiger charge is 2.15. The predicted octanol–water partition coefficient (Wildman–Crippen LogP) is 2.43. The van der Waals surface area contributed by atoms with Gasteiger partial charge >= 0.3 is 0 Å². The van der Waals surface area contributed by atoms with Crippen molar-refractivity contribution in [1.82, 2.24) is 9.80 Å². The molecule has 1 aliphatic rings. The highest BCUT2D eigenvalue weighted by atomic mass is 15.2. The molecule has 0 radical (unpaired) electrons. The lowest BCUT2D eigenvalue weighted by Gasteiger charge is -2.24. The molecule has 1 aromatic rings. The van der Waals surface area contributed by atoms with Gasteiger partial charge in [-0.25, -0.2) is 0 Å². The minimum atomic E-state index is 0.639. The molecule has 1 heterocycles. The van der Waals surface area contributed by atoms with E-state index in [-0.39, 0.29) is 0 Å². The fourth-order valence-electron chi connectivity index (χ4n) is 2.56. The van der Waals surface area contributed by atoms with E-state index in [4.69, 9.17) is 0 Å². The summed E-state index contributed by atoms with van der Waals surface area (Å²) < 4.78 is 0. The summed E-state index contributed by atoms with van der Waals surface area (Å²) >= 11 is 0. The van der Waals surface area contributed by atoms with Gasteiger partial charge in [0.25, 0.3) is 0 Å². The van der Waals surface area contributed by atoms with E-state index in [1.807, 2.05) is 0 Å². The molecular weight excluding hydrogens is 208 g/mol. The summed E-state index contributed by atoms with van der Waals surface area (Å²) in [6.45, 7) is 8.45. The number of hydrogen-bond acceptors (Lipinski definition) is 2. The van der Waals surface area contributed by atoms with Gasteiger partial charge in [-0.15, -0.1) is 0 Å². The van der Waals surface area contributed by atoms with Crippen LogP contribution in [0.1, 0.15) is 24.8 Å². The molecule has 1 atom stereocenters. The van der Waals surface area contributed by atoms with Crippen LogP contribution in [0.2, 0.25) is 0 Å². The zero-order valence-electron chi connectivity index (χ0n) is 11.1. The molecule has 0 spiro atoms. The summed E-state index contributed by atoms with van der Waals surface area (Å²) in [6, 6.07) is 10.9. The minimum absolute atomic E-state index is 0.639. The first kappa shape index (κ1) is 12.6. The third-order valence-electron chi connectivity index (χ3n) is 3.71. The summed E-state index contributed by atoms with van der Waals surface area (Å²) in [5.74, 6) is 0.639. The molecule has 0 bridgehead atoms. The molecule has 0 unspecified atom stereocenters. The summed E-state index contributed by atoms with van der Waals surface area (Å²) in [4.78, 5) is 5.05. The Balaban J connectivity index is 1.88. The smallest absolute Gasteiger partial charge is 0.0109 e. The van der Waals surface area contributed by atoms with Crippen molar-refractivity contribution in [2.75, 3.05) is 39.8 Å². The van der Waals surface area contributed by atoms with E-state index in [0.717, 1.165) is 0 Å². The predicted molar refractivity (Wildman–Crippen MR) is 73.4 cm³/mol. The largest absolute Gasteiger partial charge is 0.305 e. The molecule has 0 aromatic heterocycles. The standard InChI is InChI=1S/C15H24N2/c1-14(15-7-4-3-5-8-15)13-17-10-6-9-16(2)11-12-17/h3-5,7-8,14H,6,9-13H2,1-2H3/t14-/m0/s1. The van der Waals surface area contributed by atoms with Crippen molar-refractivity contribution < 1.29 is 0 Å². The third-order valence-corrected chi connectivity index (χ3v) is 3.71. The van der Waals surface area contributed by atoms with Crippen LogP contribution in [0.3, 0.4) is 0 Å². The van der Waals surface area contributed by atoms with Crippen LogP contribution in [0.4, 0.5) is 0 Å². The van der Waals surface area contributed by atoms with Gasteiger partial charge in [0, 0.05) is 19.6 Å². The number of nitrogens with zero attached hydrogens (tertiary/aromatic N) is 2.